The van der Waals surface area contributed by atoms with Gasteiger partial charge in [0.1, 0.15) is 0 Å². The molecule has 0 nitrogen and oxygen atoms in total. The Morgan fingerprint density at radius 2 is 1.11 bits per heavy atom. The normalized spacial score (nSPS) is 20.1. The van der Waals surface area contributed by atoms with Crippen LogP contribution < -0.4 is 0 Å². The van der Waals surface area contributed by atoms with Crippen molar-refractivity contribution in [3.63, 3.8) is 0 Å². The van der Waals surface area contributed by atoms with Gasteiger partial charge in [-0.1, -0.05) is 133 Å². The van der Waals surface area contributed by atoms with Gasteiger partial charge in [-0.3, -0.25) is 0 Å². The van der Waals surface area contributed by atoms with Crippen LogP contribution in [0.1, 0.15) is 128 Å². The maximum atomic E-state index is 15.5. The summed E-state index contributed by atoms with van der Waals surface area (Å²) in [5.41, 5.74) is 3.00. The lowest BCUT2D eigenvalue weighted by atomic mass is 9.70. The fourth-order valence-corrected chi connectivity index (χ4v) is 7.93. The molecule has 1 atom stereocenters. The maximum Gasteiger partial charge on any atom is 0.167 e. The smallest absolute Gasteiger partial charge is 0.167 e. The molecule has 0 N–H and O–H groups in total. The van der Waals surface area contributed by atoms with Crippen molar-refractivity contribution in [3.8, 4) is 22.3 Å². The molecule has 248 valence electrons. The minimum absolute atomic E-state index is 0.169. The fraction of sp³-hybridized carbons (Fsp3) is 0.524. The molecule has 0 aromatic heterocycles. The van der Waals surface area contributed by atoms with Crippen molar-refractivity contribution in [2.24, 2.45) is 17.8 Å². The van der Waals surface area contributed by atoms with Gasteiger partial charge in [-0.15, -0.1) is 0 Å². The van der Waals surface area contributed by atoms with E-state index in [0.717, 1.165) is 68.8 Å². The Hall–Kier alpha value is -2.88. The number of benzene rings is 3. The van der Waals surface area contributed by atoms with Crippen molar-refractivity contribution in [1.29, 1.82) is 0 Å². The standard InChI is InChI=1S/C42H52F4/c1-3-5-7-8-10-12-35-25-26-36(40(44)39(35)43)33-21-23-34(24-22-33)38-28-27-37(41(45)42(38)46)32-19-17-31(18-20-32)30-15-13-29(14-16-30)11-9-6-4-2/h19,21-31H,3-18,20H2,1-2H3. The van der Waals surface area contributed by atoms with Crippen molar-refractivity contribution in [1.82, 2.24) is 0 Å². The molecule has 1 unspecified atom stereocenters. The molecule has 2 aliphatic carbocycles. The van der Waals surface area contributed by atoms with Gasteiger partial charge >= 0.3 is 0 Å². The minimum Gasteiger partial charge on any atom is -0.203 e. The van der Waals surface area contributed by atoms with Crippen molar-refractivity contribution in [2.75, 3.05) is 0 Å². The molecular formula is C42H52F4. The van der Waals surface area contributed by atoms with Crippen LogP contribution in [0.3, 0.4) is 0 Å². The number of rotatable bonds is 14. The van der Waals surface area contributed by atoms with Gasteiger partial charge in [0.15, 0.2) is 23.3 Å². The molecule has 4 heteroatoms. The highest BCUT2D eigenvalue weighted by Gasteiger charge is 2.29. The Morgan fingerprint density at radius 3 is 1.74 bits per heavy atom. The van der Waals surface area contributed by atoms with E-state index in [2.05, 4.69) is 19.9 Å². The van der Waals surface area contributed by atoms with Crippen LogP contribution in [0.15, 0.2) is 54.6 Å². The molecule has 46 heavy (non-hydrogen) atoms. The van der Waals surface area contributed by atoms with Gasteiger partial charge in [-0.05, 0) is 85.0 Å². The number of aryl methyl sites for hydroxylation is 1. The Bertz CT molecular complexity index is 1450. The molecular weight excluding hydrogens is 580 g/mol. The van der Waals surface area contributed by atoms with Crippen LogP contribution in [0.25, 0.3) is 27.8 Å². The first-order valence-electron chi connectivity index (χ1n) is 18.2. The number of hydrogen-bond donors (Lipinski definition) is 0. The van der Waals surface area contributed by atoms with Gasteiger partial charge in [0.05, 0.1) is 0 Å². The van der Waals surface area contributed by atoms with E-state index < -0.39 is 23.3 Å². The summed E-state index contributed by atoms with van der Waals surface area (Å²) >= 11 is 0. The lowest BCUT2D eigenvalue weighted by molar-refractivity contribution is 0.187. The molecule has 0 aliphatic heterocycles. The highest BCUT2D eigenvalue weighted by Crippen LogP contribution is 2.43. The topological polar surface area (TPSA) is 0 Å². The summed E-state index contributed by atoms with van der Waals surface area (Å²) in [6.07, 6.45) is 21.4. The molecule has 0 heterocycles. The van der Waals surface area contributed by atoms with E-state index in [1.807, 2.05) is 0 Å². The van der Waals surface area contributed by atoms with E-state index in [0.29, 0.717) is 34.6 Å². The summed E-state index contributed by atoms with van der Waals surface area (Å²) in [5, 5.41) is 0. The molecule has 3 aromatic rings. The Kier molecular flexibility index (Phi) is 12.6. The molecule has 0 bridgehead atoms. The first kappa shape index (κ1) is 34.5. The second-order valence-electron chi connectivity index (χ2n) is 14.0. The van der Waals surface area contributed by atoms with Crippen LogP contribution >= 0.6 is 0 Å². The number of allylic oxidation sites excluding steroid dienone is 2. The number of halogens is 4. The predicted molar refractivity (Wildman–Crippen MR) is 185 cm³/mol. The van der Waals surface area contributed by atoms with Crippen molar-refractivity contribution < 1.29 is 17.6 Å². The van der Waals surface area contributed by atoms with E-state index in [4.69, 9.17) is 0 Å². The Labute approximate surface area is 274 Å². The van der Waals surface area contributed by atoms with Crippen LogP contribution in [-0.4, -0.2) is 0 Å². The van der Waals surface area contributed by atoms with Crippen molar-refractivity contribution >= 4 is 5.57 Å². The molecule has 5 rings (SSSR count). The molecule has 0 spiro atoms. The fourth-order valence-electron chi connectivity index (χ4n) is 7.93. The van der Waals surface area contributed by atoms with Crippen LogP contribution in [0, 0.1) is 41.0 Å². The first-order valence-corrected chi connectivity index (χ1v) is 18.2. The largest absolute Gasteiger partial charge is 0.203 e. The van der Waals surface area contributed by atoms with Gasteiger partial charge in [0.25, 0.3) is 0 Å². The summed E-state index contributed by atoms with van der Waals surface area (Å²) < 4.78 is 60.8. The third-order valence-electron chi connectivity index (χ3n) is 10.9. The zero-order chi connectivity index (χ0) is 32.5. The second-order valence-corrected chi connectivity index (χ2v) is 14.0. The molecule has 1 saturated carbocycles. The van der Waals surface area contributed by atoms with Crippen molar-refractivity contribution in [2.45, 2.75) is 123 Å². The number of unbranched alkanes of at least 4 members (excludes halogenated alkanes) is 6. The van der Waals surface area contributed by atoms with E-state index >= 15 is 13.2 Å². The quantitative estimate of drug-likeness (QED) is 0.123. The molecule has 3 aromatic carbocycles. The molecule has 0 radical (unpaired) electrons. The second kappa shape index (κ2) is 16.8. The highest BCUT2D eigenvalue weighted by molar-refractivity contribution is 5.74. The van der Waals surface area contributed by atoms with Gasteiger partial charge in [-0.2, -0.15) is 0 Å². The number of hydrogen-bond acceptors (Lipinski definition) is 0. The summed E-state index contributed by atoms with van der Waals surface area (Å²) in [5.74, 6) is -1.03. The highest BCUT2D eigenvalue weighted by atomic mass is 19.2. The minimum atomic E-state index is -0.866. The van der Waals surface area contributed by atoms with E-state index in [9.17, 15) is 4.39 Å². The average Bonchev–Trinajstić information content (AvgIpc) is 3.08. The van der Waals surface area contributed by atoms with E-state index in [1.54, 1.807) is 48.5 Å². The van der Waals surface area contributed by atoms with E-state index in [-0.39, 0.29) is 11.1 Å². The van der Waals surface area contributed by atoms with Gasteiger partial charge < -0.3 is 0 Å². The summed E-state index contributed by atoms with van der Waals surface area (Å²) in [7, 11) is 0. The monoisotopic (exact) mass is 632 g/mol. The lowest BCUT2D eigenvalue weighted by Crippen LogP contribution is -2.23. The van der Waals surface area contributed by atoms with Gasteiger partial charge in [0, 0.05) is 16.7 Å². The lowest BCUT2D eigenvalue weighted by Gasteiger charge is -2.35. The Morgan fingerprint density at radius 1 is 0.543 bits per heavy atom. The SMILES string of the molecule is CCCCCCCc1ccc(-c2ccc(-c3ccc(C4=CCC(C5CCC(CCCCC)CC5)CC4)c(F)c3F)cc2)c(F)c1F. The van der Waals surface area contributed by atoms with Crippen LogP contribution in [0.5, 0.6) is 0 Å². The summed E-state index contributed by atoms with van der Waals surface area (Å²) in [6.45, 7) is 4.41. The Balaban J connectivity index is 1.21. The third-order valence-corrected chi connectivity index (χ3v) is 10.9. The molecule has 0 amide bonds. The molecule has 2 aliphatic rings. The first-order chi connectivity index (χ1) is 22.4. The third kappa shape index (κ3) is 8.33. The average molecular weight is 633 g/mol. The zero-order valence-electron chi connectivity index (χ0n) is 28.0. The summed E-state index contributed by atoms with van der Waals surface area (Å²) in [4.78, 5) is 0. The van der Waals surface area contributed by atoms with Crippen LogP contribution in [-0.2, 0) is 6.42 Å². The van der Waals surface area contributed by atoms with Crippen LogP contribution in [0.2, 0.25) is 0 Å². The predicted octanol–water partition coefficient (Wildman–Crippen LogP) is 13.7. The zero-order valence-corrected chi connectivity index (χ0v) is 28.0. The molecule has 0 saturated heterocycles. The summed E-state index contributed by atoms with van der Waals surface area (Å²) in [6, 6.07) is 13.2. The van der Waals surface area contributed by atoms with Crippen LogP contribution in [0.4, 0.5) is 17.6 Å². The maximum absolute atomic E-state index is 15.5. The van der Waals surface area contributed by atoms with E-state index in [1.165, 1.54) is 51.4 Å². The van der Waals surface area contributed by atoms with Crippen molar-refractivity contribution in [3.05, 3.63) is 89.0 Å². The van der Waals surface area contributed by atoms with Gasteiger partial charge in [-0.25, -0.2) is 17.6 Å². The molecule has 1 fully saturated rings. The van der Waals surface area contributed by atoms with Gasteiger partial charge in [0.2, 0.25) is 0 Å².